The van der Waals surface area contributed by atoms with Crippen molar-refractivity contribution in [1.29, 1.82) is 0 Å². The van der Waals surface area contributed by atoms with E-state index in [0.717, 1.165) is 5.56 Å². The molecule has 0 saturated heterocycles. The Morgan fingerprint density at radius 2 is 2.11 bits per heavy atom. The summed E-state index contributed by atoms with van der Waals surface area (Å²) in [6.45, 7) is 3.03. The van der Waals surface area contributed by atoms with E-state index in [4.69, 9.17) is 9.47 Å². The van der Waals surface area contributed by atoms with E-state index in [-0.39, 0.29) is 12.2 Å². The van der Waals surface area contributed by atoms with Crippen molar-refractivity contribution in [3.8, 4) is 0 Å². The topological polar surface area (TPSA) is 38.7 Å². The van der Waals surface area contributed by atoms with Crippen LogP contribution in [0.25, 0.3) is 0 Å². The molecule has 2 rings (SSSR count). The highest BCUT2D eigenvalue weighted by molar-refractivity contribution is 5.13. The summed E-state index contributed by atoms with van der Waals surface area (Å²) in [6, 6.07) is 10.0. The van der Waals surface area contributed by atoms with Gasteiger partial charge in [0.05, 0.1) is 25.4 Å². The minimum atomic E-state index is -0.491. The van der Waals surface area contributed by atoms with Crippen molar-refractivity contribution in [2.45, 2.75) is 38.3 Å². The Hall–Kier alpha value is -1.16. The standard InChI is InChI=1S/C15H20O3/c1-12(15-14(16)9-5-6-10-17-15)18-11-13-7-3-2-4-8-13/h2-8,12,14-16H,9-11H2,1H3/t12?,14?,15-/m0/s1. The van der Waals surface area contributed by atoms with Gasteiger partial charge in [0.2, 0.25) is 0 Å². The van der Waals surface area contributed by atoms with Crippen LogP contribution in [0.1, 0.15) is 18.9 Å². The second-order valence-electron chi connectivity index (χ2n) is 4.57. The van der Waals surface area contributed by atoms with E-state index in [0.29, 0.717) is 19.6 Å². The van der Waals surface area contributed by atoms with Crippen LogP contribution in [-0.4, -0.2) is 30.0 Å². The van der Waals surface area contributed by atoms with Crippen LogP contribution >= 0.6 is 0 Å². The number of benzene rings is 1. The molecule has 98 valence electrons. The number of aliphatic hydroxyl groups is 1. The fourth-order valence-corrected chi connectivity index (χ4v) is 2.06. The van der Waals surface area contributed by atoms with Crippen molar-refractivity contribution >= 4 is 0 Å². The highest BCUT2D eigenvalue weighted by atomic mass is 16.5. The van der Waals surface area contributed by atoms with Gasteiger partial charge < -0.3 is 14.6 Å². The zero-order valence-corrected chi connectivity index (χ0v) is 10.7. The molecule has 0 radical (unpaired) electrons. The van der Waals surface area contributed by atoms with E-state index in [1.807, 2.05) is 49.4 Å². The fourth-order valence-electron chi connectivity index (χ4n) is 2.06. The van der Waals surface area contributed by atoms with Gasteiger partial charge in [-0.05, 0) is 18.9 Å². The molecule has 0 saturated carbocycles. The van der Waals surface area contributed by atoms with Gasteiger partial charge in [-0.25, -0.2) is 0 Å². The molecule has 3 nitrogen and oxygen atoms in total. The number of aliphatic hydroxyl groups excluding tert-OH is 1. The molecule has 18 heavy (non-hydrogen) atoms. The van der Waals surface area contributed by atoms with Crippen molar-refractivity contribution in [2.75, 3.05) is 6.61 Å². The molecule has 1 aromatic rings. The Balaban J connectivity index is 1.85. The zero-order valence-electron chi connectivity index (χ0n) is 10.7. The molecule has 1 aromatic carbocycles. The molecule has 2 unspecified atom stereocenters. The lowest BCUT2D eigenvalue weighted by molar-refractivity contribution is -0.110. The average Bonchev–Trinajstić information content (AvgIpc) is 2.62. The van der Waals surface area contributed by atoms with E-state index in [9.17, 15) is 5.11 Å². The molecule has 0 amide bonds. The van der Waals surface area contributed by atoms with Crippen molar-refractivity contribution in [3.63, 3.8) is 0 Å². The van der Waals surface area contributed by atoms with Crippen molar-refractivity contribution in [3.05, 3.63) is 48.0 Å². The van der Waals surface area contributed by atoms with Gasteiger partial charge in [-0.3, -0.25) is 0 Å². The molecule has 0 spiro atoms. The van der Waals surface area contributed by atoms with Gasteiger partial charge >= 0.3 is 0 Å². The molecule has 3 heteroatoms. The van der Waals surface area contributed by atoms with Crippen molar-refractivity contribution in [1.82, 2.24) is 0 Å². The first-order chi connectivity index (χ1) is 8.77. The molecule has 0 fully saturated rings. The highest BCUT2D eigenvalue weighted by Gasteiger charge is 2.27. The molecule has 1 aliphatic heterocycles. The second kappa shape index (κ2) is 6.69. The first-order valence-corrected chi connectivity index (χ1v) is 6.37. The van der Waals surface area contributed by atoms with Crippen LogP contribution in [0.4, 0.5) is 0 Å². The predicted octanol–water partition coefficient (Wildman–Crippen LogP) is 2.30. The van der Waals surface area contributed by atoms with E-state index in [1.165, 1.54) is 0 Å². The Morgan fingerprint density at radius 3 is 2.89 bits per heavy atom. The molecule has 0 bridgehead atoms. The normalized spacial score (nSPS) is 25.7. The Kier molecular flexibility index (Phi) is 4.93. The maximum absolute atomic E-state index is 9.96. The zero-order chi connectivity index (χ0) is 12.8. The molecule has 3 atom stereocenters. The predicted molar refractivity (Wildman–Crippen MR) is 70.2 cm³/mol. The third kappa shape index (κ3) is 3.67. The largest absolute Gasteiger partial charge is 0.390 e. The maximum Gasteiger partial charge on any atom is 0.110 e. The fraction of sp³-hybridized carbons (Fsp3) is 0.467. The van der Waals surface area contributed by atoms with Crippen LogP contribution in [-0.2, 0) is 16.1 Å². The van der Waals surface area contributed by atoms with E-state index >= 15 is 0 Å². The quantitative estimate of drug-likeness (QED) is 0.831. The van der Waals surface area contributed by atoms with Gasteiger partial charge in [-0.1, -0.05) is 42.5 Å². The Labute approximate surface area is 108 Å². The molecular weight excluding hydrogens is 228 g/mol. The van der Waals surface area contributed by atoms with Crippen molar-refractivity contribution < 1.29 is 14.6 Å². The van der Waals surface area contributed by atoms with Crippen LogP contribution in [0.2, 0.25) is 0 Å². The molecule has 1 heterocycles. The third-order valence-corrected chi connectivity index (χ3v) is 3.13. The van der Waals surface area contributed by atoms with E-state index in [2.05, 4.69) is 0 Å². The summed E-state index contributed by atoms with van der Waals surface area (Å²) in [4.78, 5) is 0. The molecule has 0 aliphatic carbocycles. The minimum absolute atomic E-state index is 0.125. The summed E-state index contributed by atoms with van der Waals surface area (Å²) in [7, 11) is 0. The lowest BCUT2D eigenvalue weighted by atomic mass is 10.1. The van der Waals surface area contributed by atoms with Crippen molar-refractivity contribution in [2.24, 2.45) is 0 Å². The highest BCUT2D eigenvalue weighted by Crippen LogP contribution is 2.16. The van der Waals surface area contributed by atoms with Crippen LogP contribution < -0.4 is 0 Å². The Morgan fingerprint density at radius 1 is 1.33 bits per heavy atom. The van der Waals surface area contributed by atoms with Gasteiger partial charge in [0.15, 0.2) is 0 Å². The first kappa shape index (κ1) is 13.3. The maximum atomic E-state index is 9.96. The molecular formula is C15H20O3. The van der Waals surface area contributed by atoms with Crippen LogP contribution in [0.3, 0.4) is 0 Å². The Bertz CT molecular complexity index is 375. The summed E-state index contributed by atoms with van der Waals surface area (Å²) in [5.74, 6) is 0. The second-order valence-corrected chi connectivity index (χ2v) is 4.57. The number of ether oxygens (including phenoxy) is 2. The summed E-state index contributed by atoms with van der Waals surface area (Å²) in [5, 5.41) is 9.96. The van der Waals surface area contributed by atoms with Gasteiger partial charge in [-0.2, -0.15) is 0 Å². The summed E-state index contributed by atoms with van der Waals surface area (Å²) < 4.78 is 11.4. The molecule has 1 N–H and O–H groups in total. The smallest absolute Gasteiger partial charge is 0.110 e. The average molecular weight is 248 g/mol. The number of hydrogen-bond acceptors (Lipinski definition) is 3. The van der Waals surface area contributed by atoms with Gasteiger partial charge in [-0.15, -0.1) is 0 Å². The SMILES string of the molecule is CC(OCc1ccccc1)[C@@H]1OCC=CCC1O. The number of hydrogen-bond donors (Lipinski definition) is 1. The van der Waals surface area contributed by atoms with Crippen LogP contribution in [0.5, 0.6) is 0 Å². The first-order valence-electron chi connectivity index (χ1n) is 6.37. The van der Waals surface area contributed by atoms with Crippen LogP contribution in [0, 0.1) is 0 Å². The van der Waals surface area contributed by atoms with Crippen LogP contribution in [0.15, 0.2) is 42.5 Å². The van der Waals surface area contributed by atoms with Gasteiger partial charge in [0.1, 0.15) is 6.10 Å². The number of rotatable bonds is 4. The monoisotopic (exact) mass is 248 g/mol. The van der Waals surface area contributed by atoms with E-state index < -0.39 is 6.10 Å². The van der Waals surface area contributed by atoms with Gasteiger partial charge in [0, 0.05) is 0 Å². The minimum Gasteiger partial charge on any atom is -0.390 e. The molecule has 1 aliphatic rings. The molecule has 0 aromatic heterocycles. The summed E-state index contributed by atoms with van der Waals surface area (Å²) in [6.07, 6.45) is 3.64. The lowest BCUT2D eigenvalue weighted by Gasteiger charge is -2.26. The lowest BCUT2D eigenvalue weighted by Crippen LogP contribution is -2.38. The van der Waals surface area contributed by atoms with Gasteiger partial charge in [0.25, 0.3) is 0 Å². The third-order valence-electron chi connectivity index (χ3n) is 3.13. The summed E-state index contributed by atoms with van der Waals surface area (Å²) >= 11 is 0. The van der Waals surface area contributed by atoms with E-state index in [1.54, 1.807) is 0 Å². The summed E-state index contributed by atoms with van der Waals surface area (Å²) in [5.41, 5.74) is 1.13.